The van der Waals surface area contributed by atoms with E-state index in [9.17, 15) is 9.59 Å². The van der Waals surface area contributed by atoms with Crippen molar-refractivity contribution >= 4 is 11.9 Å². The van der Waals surface area contributed by atoms with Gasteiger partial charge in [0.15, 0.2) is 0 Å². The SMILES string of the molecule is COCCC(CC(=O)OC)C(=O)N(C)OC. The van der Waals surface area contributed by atoms with Crippen LogP contribution in [-0.4, -0.2) is 51.9 Å². The third-order valence-electron chi connectivity index (χ3n) is 2.24. The molecule has 0 spiro atoms. The molecule has 0 heterocycles. The molecule has 0 aromatic rings. The van der Waals surface area contributed by atoms with E-state index in [1.165, 1.54) is 21.3 Å². The van der Waals surface area contributed by atoms with Gasteiger partial charge in [0.25, 0.3) is 0 Å². The van der Waals surface area contributed by atoms with Crippen LogP contribution in [0.15, 0.2) is 0 Å². The van der Waals surface area contributed by atoms with E-state index in [-0.39, 0.29) is 12.3 Å². The minimum Gasteiger partial charge on any atom is -0.469 e. The number of hydroxylamine groups is 2. The van der Waals surface area contributed by atoms with Crippen LogP contribution in [0.25, 0.3) is 0 Å². The van der Waals surface area contributed by atoms with Gasteiger partial charge in [0.05, 0.1) is 26.6 Å². The number of rotatable bonds is 7. The lowest BCUT2D eigenvalue weighted by Gasteiger charge is -2.20. The Kier molecular flexibility index (Phi) is 7.49. The fraction of sp³-hybridized carbons (Fsp3) is 0.800. The molecule has 0 radical (unpaired) electrons. The van der Waals surface area contributed by atoms with Crippen LogP contribution in [0.5, 0.6) is 0 Å². The molecule has 0 aromatic heterocycles. The van der Waals surface area contributed by atoms with Crippen LogP contribution in [0.4, 0.5) is 0 Å². The Hall–Kier alpha value is -1.14. The van der Waals surface area contributed by atoms with Crippen molar-refractivity contribution in [2.75, 3.05) is 35.0 Å². The topological polar surface area (TPSA) is 65.1 Å². The zero-order valence-electron chi connectivity index (χ0n) is 10.2. The van der Waals surface area contributed by atoms with Gasteiger partial charge in [-0.05, 0) is 6.42 Å². The van der Waals surface area contributed by atoms with Gasteiger partial charge < -0.3 is 9.47 Å². The molecule has 6 nitrogen and oxygen atoms in total. The number of amides is 1. The molecule has 0 saturated carbocycles. The summed E-state index contributed by atoms with van der Waals surface area (Å²) < 4.78 is 9.42. The predicted molar refractivity (Wildman–Crippen MR) is 56.4 cm³/mol. The summed E-state index contributed by atoms with van der Waals surface area (Å²) >= 11 is 0. The van der Waals surface area contributed by atoms with Crippen molar-refractivity contribution in [1.82, 2.24) is 5.06 Å². The van der Waals surface area contributed by atoms with Crippen molar-refractivity contribution < 1.29 is 23.9 Å². The molecular weight excluding hydrogens is 214 g/mol. The fourth-order valence-corrected chi connectivity index (χ4v) is 1.20. The molecule has 0 aromatic carbocycles. The second-order valence-electron chi connectivity index (χ2n) is 3.28. The third-order valence-corrected chi connectivity index (χ3v) is 2.24. The van der Waals surface area contributed by atoms with Crippen LogP contribution in [-0.2, 0) is 23.9 Å². The largest absolute Gasteiger partial charge is 0.469 e. The van der Waals surface area contributed by atoms with Gasteiger partial charge in [0, 0.05) is 20.8 Å². The summed E-state index contributed by atoms with van der Waals surface area (Å²) in [5.41, 5.74) is 0. The number of hydrogen-bond donors (Lipinski definition) is 0. The first-order valence-corrected chi connectivity index (χ1v) is 4.94. The first kappa shape index (κ1) is 14.9. The third kappa shape index (κ3) is 5.09. The van der Waals surface area contributed by atoms with E-state index in [1.54, 1.807) is 7.11 Å². The summed E-state index contributed by atoms with van der Waals surface area (Å²) in [5, 5.41) is 1.10. The van der Waals surface area contributed by atoms with Gasteiger partial charge in [-0.3, -0.25) is 14.4 Å². The summed E-state index contributed by atoms with van der Waals surface area (Å²) in [5.74, 6) is -1.15. The maximum absolute atomic E-state index is 11.8. The van der Waals surface area contributed by atoms with Crippen LogP contribution < -0.4 is 0 Å². The Bertz CT molecular complexity index is 231. The molecule has 0 aliphatic heterocycles. The summed E-state index contributed by atoms with van der Waals surface area (Å²) in [6, 6.07) is 0. The Morgan fingerprint density at radius 3 is 2.31 bits per heavy atom. The molecular formula is C10H19NO5. The first-order valence-electron chi connectivity index (χ1n) is 4.94. The molecule has 1 unspecified atom stereocenters. The Morgan fingerprint density at radius 1 is 1.25 bits per heavy atom. The average Bonchev–Trinajstić information content (AvgIpc) is 2.31. The molecule has 1 amide bonds. The lowest BCUT2D eigenvalue weighted by atomic mass is 10.0. The zero-order chi connectivity index (χ0) is 12.6. The standard InChI is InChI=1S/C10H19NO5/c1-11(16-4)10(13)8(5-6-14-2)7-9(12)15-3/h8H,5-7H2,1-4H3. The highest BCUT2D eigenvalue weighted by Gasteiger charge is 2.25. The average molecular weight is 233 g/mol. The number of hydrogen-bond acceptors (Lipinski definition) is 5. The molecule has 0 bridgehead atoms. The van der Waals surface area contributed by atoms with Gasteiger partial charge in [-0.15, -0.1) is 0 Å². The minimum absolute atomic E-state index is 0.0341. The summed E-state index contributed by atoms with van der Waals surface area (Å²) in [6.45, 7) is 0.408. The maximum Gasteiger partial charge on any atom is 0.306 e. The number of methoxy groups -OCH3 is 2. The van der Waals surface area contributed by atoms with Crippen molar-refractivity contribution in [3.8, 4) is 0 Å². The van der Waals surface area contributed by atoms with Gasteiger partial charge in [-0.25, -0.2) is 5.06 Å². The van der Waals surface area contributed by atoms with Gasteiger partial charge in [0.2, 0.25) is 5.91 Å². The molecule has 0 N–H and O–H groups in total. The van der Waals surface area contributed by atoms with E-state index in [0.29, 0.717) is 13.0 Å². The zero-order valence-corrected chi connectivity index (χ0v) is 10.2. The molecule has 0 rings (SSSR count). The minimum atomic E-state index is -0.475. The molecule has 1 atom stereocenters. The van der Waals surface area contributed by atoms with E-state index in [1.807, 2.05) is 0 Å². The molecule has 0 aliphatic rings. The number of nitrogens with zero attached hydrogens (tertiary/aromatic N) is 1. The second kappa shape index (κ2) is 8.06. The highest BCUT2D eigenvalue weighted by Crippen LogP contribution is 2.13. The number of carbonyl (C=O) groups excluding carboxylic acids is 2. The Labute approximate surface area is 95.4 Å². The molecule has 94 valence electrons. The van der Waals surface area contributed by atoms with Crippen LogP contribution in [0.2, 0.25) is 0 Å². The predicted octanol–water partition coefficient (Wildman–Crippen LogP) is 0.222. The first-order chi connectivity index (χ1) is 7.56. The summed E-state index contributed by atoms with van der Waals surface area (Å²) in [4.78, 5) is 27.7. The Morgan fingerprint density at radius 2 is 1.88 bits per heavy atom. The smallest absolute Gasteiger partial charge is 0.306 e. The van der Waals surface area contributed by atoms with Crippen LogP contribution in [0, 0.1) is 5.92 Å². The van der Waals surface area contributed by atoms with E-state index in [2.05, 4.69) is 4.74 Å². The molecule has 0 saturated heterocycles. The van der Waals surface area contributed by atoms with Crippen molar-refractivity contribution in [1.29, 1.82) is 0 Å². The highest BCUT2D eigenvalue weighted by atomic mass is 16.7. The summed E-state index contributed by atoms with van der Waals surface area (Å²) in [6.07, 6.45) is 0.491. The normalized spacial score (nSPS) is 12.0. The molecule has 0 fully saturated rings. The molecule has 6 heteroatoms. The number of ether oxygens (including phenoxy) is 2. The Balaban J connectivity index is 4.40. The maximum atomic E-state index is 11.8. The van der Waals surface area contributed by atoms with E-state index >= 15 is 0 Å². The van der Waals surface area contributed by atoms with Gasteiger partial charge in [-0.1, -0.05) is 0 Å². The quantitative estimate of drug-likeness (QED) is 0.465. The lowest BCUT2D eigenvalue weighted by molar-refractivity contribution is -0.175. The van der Waals surface area contributed by atoms with Crippen LogP contribution >= 0.6 is 0 Å². The monoisotopic (exact) mass is 233 g/mol. The van der Waals surface area contributed by atoms with Gasteiger partial charge in [0.1, 0.15) is 0 Å². The fourth-order valence-electron chi connectivity index (χ4n) is 1.20. The summed E-state index contributed by atoms with van der Waals surface area (Å²) in [7, 11) is 5.72. The van der Waals surface area contributed by atoms with Crippen LogP contribution in [0.3, 0.4) is 0 Å². The number of carbonyl (C=O) groups is 2. The van der Waals surface area contributed by atoms with Crippen LogP contribution in [0.1, 0.15) is 12.8 Å². The molecule has 16 heavy (non-hydrogen) atoms. The van der Waals surface area contributed by atoms with Crippen molar-refractivity contribution in [3.63, 3.8) is 0 Å². The second-order valence-corrected chi connectivity index (χ2v) is 3.28. The van der Waals surface area contributed by atoms with E-state index in [0.717, 1.165) is 5.06 Å². The van der Waals surface area contributed by atoms with E-state index < -0.39 is 11.9 Å². The number of esters is 1. The van der Waals surface area contributed by atoms with Crippen molar-refractivity contribution in [3.05, 3.63) is 0 Å². The highest BCUT2D eigenvalue weighted by molar-refractivity contribution is 5.82. The van der Waals surface area contributed by atoms with Gasteiger partial charge >= 0.3 is 5.97 Å². The van der Waals surface area contributed by atoms with E-state index in [4.69, 9.17) is 9.57 Å². The van der Waals surface area contributed by atoms with Crippen molar-refractivity contribution in [2.24, 2.45) is 5.92 Å². The molecule has 0 aliphatic carbocycles. The van der Waals surface area contributed by atoms with Crippen molar-refractivity contribution in [2.45, 2.75) is 12.8 Å². The lowest BCUT2D eigenvalue weighted by Crippen LogP contribution is -2.34. The van der Waals surface area contributed by atoms with Gasteiger partial charge in [-0.2, -0.15) is 0 Å².